The number of phenolic OH excluding ortho intramolecular Hbond substituents is 1. The van der Waals surface area contributed by atoms with Crippen LogP contribution in [-0.2, 0) is 6.18 Å². The molecule has 0 spiro atoms. The second-order valence-electron chi connectivity index (χ2n) is 6.35. The zero-order chi connectivity index (χ0) is 21.6. The minimum Gasteiger partial charge on any atom is -0.507 e. The molecule has 0 aliphatic heterocycles. The standard InChI is InChI=1S/C20H10ClF3N4O2/c21-12-4-2-11(3-5-12)16-17(20(22,23)24)27-28-18(16)26-9-14(19(28)30)13-6-1-10(8-25)7-15(13)29/h1-7,9,27,29H. The Kier molecular flexibility index (Phi) is 4.51. The van der Waals surface area contributed by atoms with Gasteiger partial charge in [0.2, 0.25) is 0 Å². The van der Waals surface area contributed by atoms with Crippen LogP contribution in [0.25, 0.3) is 27.9 Å². The van der Waals surface area contributed by atoms with E-state index in [2.05, 4.69) is 10.1 Å². The fraction of sp³-hybridized carbons (Fsp3) is 0.0500. The van der Waals surface area contributed by atoms with E-state index in [1.54, 1.807) is 0 Å². The molecule has 0 saturated heterocycles. The highest BCUT2D eigenvalue weighted by Gasteiger charge is 2.38. The topological polar surface area (TPSA) is 94.2 Å². The van der Waals surface area contributed by atoms with Crippen molar-refractivity contribution in [2.45, 2.75) is 6.18 Å². The first-order chi connectivity index (χ1) is 14.2. The molecule has 0 saturated carbocycles. The van der Waals surface area contributed by atoms with Crippen LogP contribution in [-0.4, -0.2) is 19.7 Å². The molecule has 0 unspecified atom stereocenters. The Balaban J connectivity index is 2.01. The van der Waals surface area contributed by atoms with Crippen molar-refractivity contribution in [3.05, 3.63) is 75.3 Å². The minimum absolute atomic E-state index is 0.0390. The van der Waals surface area contributed by atoms with E-state index in [1.807, 2.05) is 6.07 Å². The molecule has 2 heterocycles. The summed E-state index contributed by atoms with van der Waals surface area (Å²) < 4.78 is 41.7. The van der Waals surface area contributed by atoms with E-state index in [4.69, 9.17) is 16.9 Å². The Bertz CT molecular complexity index is 1380. The molecule has 0 fully saturated rings. The average Bonchev–Trinajstić information content (AvgIpc) is 3.10. The number of aromatic hydroxyl groups is 1. The molecule has 0 amide bonds. The fourth-order valence-electron chi connectivity index (χ4n) is 3.12. The number of hydrogen-bond donors (Lipinski definition) is 2. The lowest BCUT2D eigenvalue weighted by molar-refractivity contribution is -0.140. The molecule has 0 bridgehead atoms. The molecule has 0 radical (unpaired) electrons. The maximum Gasteiger partial charge on any atom is 0.433 e. The van der Waals surface area contributed by atoms with Gasteiger partial charge in [-0.1, -0.05) is 23.7 Å². The van der Waals surface area contributed by atoms with Gasteiger partial charge in [-0.25, -0.2) is 4.98 Å². The number of alkyl halides is 3. The molecule has 2 N–H and O–H groups in total. The number of benzene rings is 2. The van der Waals surface area contributed by atoms with Crippen LogP contribution in [0, 0.1) is 11.3 Å². The first-order valence-corrected chi connectivity index (χ1v) is 8.79. The molecule has 2 aromatic heterocycles. The Morgan fingerprint density at radius 2 is 1.83 bits per heavy atom. The third-order valence-corrected chi connectivity index (χ3v) is 4.74. The van der Waals surface area contributed by atoms with Crippen LogP contribution in [0.3, 0.4) is 0 Å². The summed E-state index contributed by atoms with van der Waals surface area (Å²) in [5.41, 5.74) is -2.27. The molecule has 6 nitrogen and oxygen atoms in total. The fourth-order valence-corrected chi connectivity index (χ4v) is 3.25. The third kappa shape index (κ3) is 3.17. The number of fused-ring (bicyclic) bond motifs is 1. The van der Waals surface area contributed by atoms with Crippen LogP contribution in [0.5, 0.6) is 5.75 Å². The van der Waals surface area contributed by atoms with Crippen LogP contribution in [0.1, 0.15) is 11.3 Å². The van der Waals surface area contributed by atoms with Gasteiger partial charge in [-0.05, 0) is 35.9 Å². The Labute approximate surface area is 171 Å². The number of nitrogens with one attached hydrogen (secondary N) is 1. The summed E-state index contributed by atoms with van der Waals surface area (Å²) in [6.45, 7) is 0. The van der Waals surface area contributed by atoms with Crippen LogP contribution >= 0.6 is 11.6 Å². The predicted octanol–water partition coefficient (Wildman–Crippen LogP) is 4.61. The first kappa shape index (κ1) is 19.5. The van der Waals surface area contributed by atoms with Crippen molar-refractivity contribution in [1.82, 2.24) is 14.6 Å². The van der Waals surface area contributed by atoms with Gasteiger partial charge in [0.15, 0.2) is 5.65 Å². The normalized spacial score (nSPS) is 11.6. The van der Waals surface area contributed by atoms with Crippen molar-refractivity contribution in [1.29, 1.82) is 5.26 Å². The van der Waals surface area contributed by atoms with E-state index < -0.39 is 17.4 Å². The number of aromatic nitrogens is 3. The van der Waals surface area contributed by atoms with E-state index in [-0.39, 0.29) is 39.2 Å². The number of phenols is 1. The van der Waals surface area contributed by atoms with E-state index in [1.165, 1.54) is 36.4 Å². The highest BCUT2D eigenvalue weighted by molar-refractivity contribution is 6.30. The summed E-state index contributed by atoms with van der Waals surface area (Å²) >= 11 is 5.83. The Hall–Kier alpha value is -3.77. The molecule has 2 aromatic carbocycles. The van der Waals surface area contributed by atoms with Gasteiger partial charge >= 0.3 is 6.18 Å². The molecule has 4 aromatic rings. The summed E-state index contributed by atoms with van der Waals surface area (Å²) in [7, 11) is 0. The van der Waals surface area contributed by atoms with Crippen LogP contribution in [0.2, 0.25) is 5.02 Å². The van der Waals surface area contributed by atoms with Gasteiger partial charge in [-0.2, -0.15) is 22.9 Å². The van der Waals surface area contributed by atoms with Crippen molar-refractivity contribution in [2.24, 2.45) is 0 Å². The SMILES string of the molecule is N#Cc1ccc(-c2cnc3c(-c4ccc(Cl)cc4)c(C(F)(F)F)[nH]n3c2=O)c(O)c1. The number of H-pyrrole nitrogens is 1. The molecule has 10 heteroatoms. The second-order valence-corrected chi connectivity index (χ2v) is 6.78. The zero-order valence-electron chi connectivity index (χ0n) is 14.8. The lowest BCUT2D eigenvalue weighted by Gasteiger charge is -2.07. The summed E-state index contributed by atoms with van der Waals surface area (Å²) in [6.07, 6.45) is -3.70. The van der Waals surface area contributed by atoms with Gasteiger partial charge in [-0.15, -0.1) is 0 Å². The lowest BCUT2D eigenvalue weighted by atomic mass is 10.0. The van der Waals surface area contributed by atoms with Crippen LogP contribution in [0.15, 0.2) is 53.5 Å². The summed E-state index contributed by atoms with van der Waals surface area (Å²) in [4.78, 5) is 17.0. The second kappa shape index (κ2) is 6.93. The van der Waals surface area contributed by atoms with Gasteiger partial charge in [0.25, 0.3) is 5.56 Å². The van der Waals surface area contributed by atoms with E-state index >= 15 is 0 Å². The largest absolute Gasteiger partial charge is 0.507 e. The molecular weight excluding hydrogens is 421 g/mol. The van der Waals surface area contributed by atoms with Gasteiger partial charge in [0.1, 0.15) is 11.4 Å². The quantitative estimate of drug-likeness (QED) is 0.485. The van der Waals surface area contributed by atoms with E-state index in [9.17, 15) is 23.1 Å². The van der Waals surface area contributed by atoms with Crippen molar-refractivity contribution < 1.29 is 18.3 Å². The number of aromatic amines is 1. The van der Waals surface area contributed by atoms with E-state index in [0.717, 1.165) is 12.3 Å². The molecule has 150 valence electrons. The number of hydrogen-bond acceptors (Lipinski definition) is 4. The van der Waals surface area contributed by atoms with Crippen LogP contribution < -0.4 is 5.56 Å². The minimum atomic E-state index is -4.79. The summed E-state index contributed by atoms with van der Waals surface area (Å²) in [6, 6.07) is 11.3. The Morgan fingerprint density at radius 1 is 1.13 bits per heavy atom. The molecule has 0 atom stereocenters. The first-order valence-electron chi connectivity index (χ1n) is 8.41. The zero-order valence-corrected chi connectivity index (χ0v) is 15.6. The number of nitrogens with zero attached hydrogens (tertiary/aromatic N) is 3. The molecule has 0 aliphatic rings. The molecule has 30 heavy (non-hydrogen) atoms. The van der Waals surface area contributed by atoms with Gasteiger partial charge in [0, 0.05) is 16.8 Å². The summed E-state index contributed by atoms with van der Waals surface area (Å²) in [5, 5.41) is 21.5. The smallest absolute Gasteiger partial charge is 0.433 e. The highest BCUT2D eigenvalue weighted by Crippen LogP contribution is 2.38. The van der Waals surface area contributed by atoms with Crippen molar-refractivity contribution in [3.8, 4) is 34.1 Å². The molecule has 4 rings (SSSR count). The highest BCUT2D eigenvalue weighted by atomic mass is 35.5. The van der Waals surface area contributed by atoms with Gasteiger partial charge in [-0.3, -0.25) is 9.89 Å². The number of halogens is 4. The lowest BCUT2D eigenvalue weighted by Crippen LogP contribution is -2.18. The molecule has 0 aliphatic carbocycles. The predicted molar refractivity (Wildman–Crippen MR) is 103 cm³/mol. The number of nitriles is 1. The maximum atomic E-state index is 13.7. The third-order valence-electron chi connectivity index (χ3n) is 4.49. The monoisotopic (exact) mass is 430 g/mol. The van der Waals surface area contributed by atoms with Crippen molar-refractivity contribution in [2.75, 3.05) is 0 Å². The maximum absolute atomic E-state index is 13.7. The molecular formula is C20H10ClF3N4O2. The average molecular weight is 431 g/mol. The van der Waals surface area contributed by atoms with Crippen molar-refractivity contribution in [3.63, 3.8) is 0 Å². The van der Waals surface area contributed by atoms with Crippen LogP contribution in [0.4, 0.5) is 13.2 Å². The number of rotatable bonds is 2. The van der Waals surface area contributed by atoms with E-state index in [0.29, 0.717) is 9.54 Å². The van der Waals surface area contributed by atoms with Gasteiger partial charge in [0.05, 0.1) is 22.8 Å². The van der Waals surface area contributed by atoms with Crippen molar-refractivity contribution >= 4 is 17.2 Å². The Morgan fingerprint density at radius 3 is 2.43 bits per heavy atom. The summed E-state index contributed by atoms with van der Waals surface area (Å²) in [5.74, 6) is -0.367. The van der Waals surface area contributed by atoms with Gasteiger partial charge < -0.3 is 5.11 Å².